The van der Waals surface area contributed by atoms with Crippen molar-refractivity contribution < 1.29 is 4.79 Å². The Hall–Kier alpha value is -2.82. The molecule has 1 atom stereocenters. The molecule has 1 amide bonds. The Balaban J connectivity index is 1.84. The van der Waals surface area contributed by atoms with E-state index in [9.17, 15) is 4.79 Å². The Morgan fingerprint density at radius 1 is 1.07 bits per heavy atom. The topological polar surface area (TPSA) is 65.5 Å². The predicted octanol–water partition coefficient (Wildman–Crippen LogP) is 3.21. The summed E-state index contributed by atoms with van der Waals surface area (Å²) in [7, 11) is 1.77. The Morgan fingerprint density at radius 3 is 2.44 bits per heavy atom. The lowest BCUT2D eigenvalue weighted by Gasteiger charge is -2.17. The molecule has 1 unspecified atom stereocenters. The average molecular weight is 367 g/mol. The first-order valence-electron chi connectivity index (χ1n) is 9.41. The molecule has 3 N–H and O–H groups in total. The van der Waals surface area contributed by atoms with Crippen LogP contribution >= 0.6 is 0 Å². The highest BCUT2D eigenvalue weighted by Crippen LogP contribution is 2.15. The zero-order valence-corrected chi connectivity index (χ0v) is 16.7. The lowest BCUT2D eigenvalue weighted by molar-refractivity contribution is 0.0956. The number of hydrogen-bond donors (Lipinski definition) is 3. The molecule has 5 heteroatoms. The van der Waals surface area contributed by atoms with E-state index >= 15 is 0 Å². The molecule has 0 aromatic heterocycles. The first-order chi connectivity index (χ1) is 13.0. The molecule has 5 nitrogen and oxygen atoms in total. The molecule has 0 fully saturated rings. The lowest BCUT2D eigenvalue weighted by atomic mass is 9.99. The Bertz CT molecular complexity index is 768. The van der Waals surface area contributed by atoms with E-state index in [1.54, 1.807) is 7.05 Å². The highest BCUT2D eigenvalue weighted by molar-refractivity contribution is 5.94. The van der Waals surface area contributed by atoms with Gasteiger partial charge in [-0.05, 0) is 43.0 Å². The number of nitrogens with one attached hydrogen (secondary N) is 3. The van der Waals surface area contributed by atoms with Crippen molar-refractivity contribution in [2.24, 2.45) is 4.99 Å². The van der Waals surface area contributed by atoms with Crippen LogP contribution in [0, 0.1) is 6.92 Å². The van der Waals surface area contributed by atoms with Crippen LogP contribution in [0.2, 0.25) is 0 Å². The zero-order valence-electron chi connectivity index (χ0n) is 16.7. The SMILES string of the molecule is CCNC(=O)c1ccc(CNC(=NC)NCC(C)c2cccc(C)c2)cc1. The summed E-state index contributed by atoms with van der Waals surface area (Å²) in [6.07, 6.45) is 0. The van der Waals surface area contributed by atoms with Crippen LogP contribution in [0.4, 0.5) is 0 Å². The predicted molar refractivity (Wildman–Crippen MR) is 112 cm³/mol. The molecule has 2 aromatic rings. The van der Waals surface area contributed by atoms with Crippen molar-refractivity contribution >= 4 is 11.9 Å². The minimum atomic E-state index is -0.0420. The number of aryl methyl sites for hydroxylation is 1. The van der Waals surface area contributed by atoms with Crippen LogP contribution < -0.4 is 16.0 Å². The lowest BCUT2D eigenvalue weighted by Crippen LogP contribution is -2.38. The second kappa shape index (κ2) is 10.4. The van der Waals surface area contributed by atoms with Crippen LogP contribution in [-0.4, -0.2) is 32.0 Å². The Kier molecular flexibility index (Phi) is 7.86. The van der Waals surface area contributed by atoms with Crippen molar-refractivity contribution in [3.05, 3.63) is 70.8 Å². The molecule has 0 aliphatic carbocycles. The van der Waals surface area contributed by atoms with Gasteiger partial charge in [0.2, 0.25) is 0 Å². The van der Waals surface area contributed by atoms with Gasteiger partial charge in [-0.25, -0.2) is 0 Å². The number of amides is 1. The fourth-order valence-corrected chi connectivity index (χ4v) is 2.79. The monoisotopic (exact) mass is 366 g/mol. The third-order valence-corrected chi connectivity index (χ3v) is 4.42. The number of aliphatic imine (C=N–C) groups is 1. The van der Waals surface area contributed by atoms with Crippen LogP contribution in [0.3, 0.4) is 0 Å². The van der Waals surface area contributed by atoms with E-state index in [0.29, 0.717) is 24.6 Å². The minimum absolute atomic E-state index is 0.0420. The highest BCUT2D eigenvalue weighted by Gasteiger charge is 2.07. The Morgan fingerprint density at radius 2 is 1.81 bits per heavy atom. The number of nitrogens with zero attached hydrogens (tertiary/aromatic N) is 1. The Labute approximate surface area is 162 Å². The summed E-state index contributed by atoms with van der Waals surface area (Å²) < 4.78 is 0. The summed E-state index contributed by atoms with van der Waals surface area (Å²) in [4.78, 5) is 16.1. The minimum Gasteiger partial charge on any atom is -0.356 e. The largest absolute Gasteiger partial charge is 0.356 e. The second-order valence-electron chi connectivity index (χ2n) is 6.68. The maximum Gasteiger partial charge on any atom is 0.251 e. The van der Waals surface area contributed by atoms with Gasteiger partial charge in [-0.3, -0.25) is 9.79 Å². The van der Waals surface area contributed by atoms with Crippen molar-refractivity contribution in [3.63, 3.8) is 0 Å². The summed E-state index contributed by atoms with van der Waals surface area (Å²) in [6.45, 7) is 8.31. The van der Waals surface area contributed by atoms with E-state index in [1.807, 2.05) is 31.2 Å². The van der Waals surface area contributed by atoms with Gasteiger partial charge in [0.05, 0.1) is 0 Å². The average Bonchev–Trinajstić information content (AvgIpc) is 2.68. The quantitative estimate of drug-likeness (QED) is 0.521. The zero-order chi connectivity index (χ0) is 19.6. The molecular weight excluding hydrogens is 336 g/mol. The van der Waals surface area contributed by atoms with Gasteiger partial charge in [0.15, 0.2) is 5.96 Å². The molecule has 144 valence electrons. The van der Waals surface area contributed by atoms with Gasteiger partial charge in [0.1, 0.15) is 0 Å². The van der Waals surface area contributed by atoms with E-state index in [4.69, 9.17) is 0 Å². The van der Waals surface area contributed by atoms with Crippen LogP contribution in [-0.2, 0) is 6.54 Å². The van der Waals surface area contributed by atoms with Gasteiger partial charge >= 0.3 is 0 Å². The fourth-order valence-electron chi connectivity index (χ4n) is 2.79. The molecule has 0 bridgehead atoms. The molecule has 0 aliphatic rings. The maximum atomic E-state index is 11.8. The van der Waals surface area contributed by atoms with Gasteiger partial charge in [-0.15, -0.1) is 0 Å². The molecule has 0 spiro atoms. The van der Waals surface area contributed by atoms with Gasteiger partial charge in [-0.1, -0.05) is 48.9 Å². The van der Waals surface area contributed by atoms with E-state index < -0.39 is 0 Å². The summed E-state index contributed by atoms with van der Waals surface area (Å²) in [5, 5.41) is 9.50. The normalized spacial score (nSPS) is 12.4. The van der Waals surface area contributed by atoms with Gasteiger partial charge in [0, 0.05) is 32.2 Å². The van der Waals surface area contributed by atoms with Crippen molar-refractivity contribution in [3.8, 4) is 0 Å². The third-order valence-electron chi connectivity index (χ3n) is 4.42. The molecule has 0 heterocycles. The standard InChI is InChI=1S/C22H30N4O/c1-5-24-21(27)19-11-9-18(10-12-19)15-26-22(23-4)25-14-17(3)20-8-6-7-16(2)13-20/h6-13,17H,5,14-15H2,1-4H3,(H,24,27)(H2,23,25,26). The first kappa shape index (κ1) is 20.5. The summed E-state index contributed by atoms with van der Waals surface area (Å²) in [6, 6.07) is 16.2. The molecular formula is C22H30N4O. The number of guanidine groups is 1. The molecule has 0 saturated carbocycles. The number of rotatable bonds is 7. The number of carbonyl (C=O) groups excluding carboxylic acids is 1. The molecule has 2 rings (SSSR count). The van der Waals surface area contributed by atoms with E-state index in [0.717, 1.165) is 18.1 Å². The van der Waals surface area contributed by atoms with Crippen LogP contribution in [0.5, 0.6) is 0 Å². The maximum absolute atomic E-state index is 11.8. The molecule has 27 heavy (non-hydrogen) atoms. The van der Waals surface area contributed by atoms with Gasteiger partial charge in [0.25, 0.3) is 5.91 Å². The van der Waals surface area contributed by atoms with Crippen molar-refractivity contribution in [2.75, 3.05) is 20.1 Å². The van der Waals surface area contributed by atoms with Crippen LogP contribution in [0.1, 0.15) is 46.8 Å². The third kappa shape index (κ3) is 6.44. The van der Waals surface area contributed by atoms with E-state index in [1.165, 1.54) is 11.1 Å². The van der Waals surface area contributed by atoms with Crippen molar-refractivity contribution in [1.29, 1.82) is 0 Å². The fraction of sp³-hybridized carbons (Fsp3) is 0.364. The van der Waals surface area contributed by atoms with Crippen LogP contribution in [0.15, 0.2) is 53.5 Å². The summed E-state index contributed by atoms with van der Waals surface area (Å²) in [5.41, 5.74) is 4.37. The number of carbonyl (C=O) groups is 1. The van der Waals surface area contributed by atoms with Crippen molar-refractivity contribution in [1.82, 2.24) is 16.0 Å². The first-order valence-corrected chi connectivity index (χ1v) is 9.41. The summed E-state index contributed by atoms with van der Waals surface area (Å²) in [5.74, 6) is 1.11. The smallest absolute Gasteiger partial charge is 0.251 e. The van der Waals surface area contributed by atoms with Crippen LogP contribution in [0.25, 0.3) is 0 Å². The number of benzene rings is 2. The highest BCUT2D eigenvalue weighted by atomic mass is 16.1. The van der Waals surface area contributed by atoms with Gasteiger partial charge < -0.3 is 16.0 Å². The molecule has 0 aliphatic heterocycles. The van der Waals surface area contributed by atoms with Crippen molar-refractivity contribution in [2.45, 2.75) is 33.2 Å². The van der Waals surface area contributed by atoms with E-state index in [-0.39, 0.29) is 5.91 Å². The molecule has 0 radical (unpaired) electrons. The van der Waals surface area contributed by atoms with Gasteiger partial charge in [-0.2, -0.15) is 0 Å². The van der Waals surface area contributed by atoms with E-state index in [2.05, 4.69) is 59.1 Å². The number of hydrogen-bond acceptors (Lipinski definition) is 2. The summed E-state index contributed by atoms with van der Waals surface area (Å²) >= 11 is 0. The molecule has 2 aromatic carbocycles. The molecule has 0 saturated heterocycles. The second-order valence-corrected chi connectivity index (χ2v) is 6.68.